The maximum atomic E-state index is 12.5. The Morgan fingerprint density at radius 2 is 1.93 bits per heavy atom. The first kappa shape index (κ1) is 27.5. The highest BCUT2D eigenvalue weighted by molar-refractivity contribution is 5.96. The number of ether oxygens (including phenoxy) is 1. The van der Waals surface area contributed by atoms with E-state index in [1.54, 1.807) is 6.08 Å². The fourth-order valence-electron chi connectivity index (χ4n) is 3.44. The molecule has 0 fully saturated rings. The molecule has 29 heavy (non-hydrogen) atoms. The number of hydrogen-bond donors (Lipinski definition) is 3. The summed E-state index contributed by atoms with van der Waals surface area (Å²) < 4.78 is 5.54. The SMILES string of the molecule is C=CCOc1cccc(CNCCCNC(=O)C2=CC(C)(C)NC2(C)C)c1.Cl.Cl. The van der Waals surface area contributed by atoms with Crippen LogP contribution in [0.3, 0.4) is 0 Å². The molecule has 1 aromatic rings. The van der Waals surface area contributed by atoms with E-state index in [-0.39, 0.29) is 41.8 Å². The van der Waals surface area contributed by atoms with Crippen molar-refractivity contribution in [2.24, 2.45) is 0 Å². The molecule has 0 spiro atoms. The van der Waals surface area contributed by atoms with Crippen molar-refractivity contribution < 1.29 is 9.53 Å². The van der Waals surface area contributed by atoms with E-state index in [1.807, 2.05) is 38.1 Å². The van der Waals surface area contributed by atoms with Crippen molar-refractivity contribution in [1.29, 1.82) is 0 Å². The van der Waals surface area contributed by atoms with E-state index >= 15 is 0 Å². The van der Waals surface area contributed by atoms with Gasteiger partial charge < -0.3 is 15.4 Å². The third-order valence-electron chi connectivity index (χ3n) is 4.47. The molecule has 0 saturated carbocycles. The second-order valence-electron chi connectivity index (χ2n) is 8.06. The number of rotatable bonds is 10. The molecule has 1 heterocycles. The smallest absolute Gasteiger partial charge is 0.248 e. The summed E-state index contributed by atoms with van der Waals surface area (Å²) in [5.41, 5.74) is 1.54. The van der Waals surface area contributed by atoms with Crippen LogP contribution in [-0.2, 0) is 11.3 Å². The Bertz CT molecular complexity index is 703. The highest BCUT2D eigenvalue weighted by Crippen LogP contribution is 2.29. The summed E-state index contributed by atoms with van der Waals surface area (Å²) in [4.78, 5) is 12.5. The molecule has 0 saturated heterocycles. The summed E-state index contributed by atoms with van der Waals surface area (Å²) in [6, 6.07) is 8.03. The maximum absolute atomic E-state index is 12.5. The highest BCUT2D eigenvalue weighted by atomic mass is 35.5. The maximum Gasteiger partial charge on any atom is 0.248 e. The van der Waals surface area contributed by atoms with E-state index in [4.69, 9.17) is 4.74 Å². The Hall–Kier alpha value is -1.53. The van der Waals surface area contributed by atoms with Crippen LogP contribution in [-0.4, -0.2) is 36.7 Å². The summed E-state index contributed by atoms with van der Waals surface area (Å²) >= 11 is 0. The average molecular weight is 444 g/mol. The van der Waals surface area contributed by atoms with Crippen LogP contribution in [0.5, 0.6) is 5.75 Å². The van der Waals surface area contributed by atoms with Crippen LogP contribution >= 0.6 is 24.8 Å². The quantitative estimate of drug-likeness (QED) is 0.380. The molecule has 3 N–H and O–H groups in total. The van der Waals surface area contributed by atoms with Gasteiger partial charge in [0.2, 0.25) is 5.91 Å². The largest absolute Gasteiger partial charge is 0.490 e. The Labute approximate surface area is 187 Å². The van der Waals surface area contributed by atoms with Crippen LogP contribution < -0.4 is 20.7 Å². The molecular weight excluding hydrogens is 409 g/mol. The first-order valence-electron chi connectivity index (χ1n) is 9.58. The van der Waals surface area contributed by atoms with Gasteiger partial charge in [-0.2, -0.15) is 0 Å². The van der Waals surface area contributed by atoms with Gasteiger partial charge >= 0.3 is 0 Å². The minimum absolute atomic E-state index is 0. The first-order chi connectivity index (χ1) is 12.7. The van der Waals surface area contributed by atoms with Crippen LogP contribution in [0.15, 0.2) is 48.6 Å². The van der Waals surface area contributed by atoms with Crippen LogP contribution in [0.1, 0.15) is 39.7 Å². The van der Waals surface area contributed by atoms with Crippen molar-refractivity contribution in [3.8, 4) is 5.75 Å². The highest BCUT2D eigenvalue weighted by Gasteiger charge is 2.39. The zero-order chi connectivity index (χ0) is 19.9. The van der Waals surface area contributed by atoms with Gasteiger partial charge in [-0.25, -0.2) is 0 Å². The van der Waals surface area contributed by atoms with Gasteiger partial charge in [0.05, 0.1) is 0 Å². The van der Waals surface area contributed by atoms with Crippen molar-refractivity contribution in [2.45, 2.75) is 51.7 Å². The zero-order valence-electron chi connectivity index (χ0n) is 17.8. The van der Waals surface area contributed by atoms with Gasteiger partial charge in [0.25, 0.3) is 0 Å². The van der Waals surface area contributed by atoms with Gasteiger partial charge in [0.1, 0.15) is 12.4 Å². The Balaban J connectivity index is 0.00000392. The fourth-order valence-corrected chi connectivity index (χ4v) is 3.44. The lowest BCUT2D eigenvalue weighted by Crippen LogP contribution is -2.47. The Morgan fingerprint density at radius 1 is 1.21 bits per heavy atom. The molecule has 0 radical (unpaired) electrons. The molecule has 7 heteroatoms. The van der Waals surface area contributed by atoms with Crippen LogP contribution in [0.4, 0.5) is 0 Å². The normalized spacial score (nSPS) is 16.1. The van der Waals surface area contributed by atoms with Gasteiger partial charge in [0.15, 0.2) is 0 Å². The number of nitrogens with one attached hydrogen (secondary N) is 3. The third kappa shape index (κ3) is 8.79. The number of halogens is 2. The minimum atomic E-state index is -0.301. The van der Waals surface area contributed by atoms with Gasteiger partial charge in [-0.3, -0.25) is 10.1 Å². The average Bonchev–Trinajstić information content (AvgIpc) is 2.83. The van der Waals surface area contributed by atoms with Gasteiger partial charge in [-0.05, 0) is 58.4 Å². The van der Waals surface area contributed by atoms with E-state index in [0.29, 0.717) is 13.2 Å². The molecule has 5 nitrogen and oxygen atoms in total. The monoisotopic (exact) mass is 443 g/mol. The van der Waals surface area contributed by atoms with Gasteiger partial charge in [-0.1, -0.05) is 30.9 Å². The van der Waals surface area contributed by atoms with E-state index in [0.717, 1.165) is 30.8 Å². The number of carbonyl (C=O) groups is 1. The topological polar surface area (TPSA) is 62.4 Å². The molecule has 164 valence electrons. The van der Waals surface area contributed by atoms with E-state index < -0.39 is 0 Å². The summed E-state index contributed by atoms with van der Waals surface area (Å²) in [5, 5.41) is 9.90. The standard InChI is InChI=1S/C22H33N3O2.2ClH/c1-6-13-27-18-10-7-9-17(14-18)16-23-11-8-12-24-20(26)19-15-21(2,3)25-22(19,4)5;;/h6-7,9-10,14-15,23,25H,1,8,11-13,16H2,2-5H3,(H,24,26);2*1H. The molecule has 1 aliphatic heterocycles. The van der Waals surface area contributed by atoms with Crippen LogP contribution in [0.25, 0.3) is 0 Å². The summed E-state index contributed by atoms with van der Waals surface area (Å²) in [6.45, 7) is 14.7. The molecule has 1 aliphatic rings. The van der Waals surface area contributed by atoms with Crippen molar-refractivity contribution in [2.75, 3.05) is 19.7 Å². The molecule has 0 unspecified atom stereocenters. The predicted molar refractivity (Wildman–Crippen MR) is 125 cm³/mol. The third-order valence-corrected chi connectivity index (χ3v) is 4.47. The number of hydrogen-bond acceptors (Lipinski definition) is 4. The molecule has 0 bridgehead atoms. The van der Waals surface area contributed by atoms with Gasteiger partial charge in [-0.15, -0.1) is 24.8 Å². The summed E-state index contributed by atoms with van der Waals surface area (Å²) in [5.74, 6) is 0.871. The first-order valence-corrected chi connectivity index (χ1v) is 9.58. The number of carbonyl (C=O) groups excluding carboxylic acids is 1. The Kier molecular flexibility index (Phi) is 11.6. The molecule has 0 atom stereocenters. The minimum Gasteiger partial charge on any atom is -0.490 e. The second kappa shape index (κ2) is 12.2. The lowest BCUT2D eigenvalue weighted by molar-refractivity contribution is -0.118. The van der Waals surface area contributed by atoms with Crippen molar-refractivity contribution in [3.63, 3.8) is 0 Å². The van der Waals surface area contributed by atoms with E-state index in [1.165, 1.54) is 5.56 Å². The van der Waals surface area contributed by atoms with E-state index in [2.05, 4.69) is 42.4 Å². The van der Waals surface area contributed by atoms with Crippen molar-refractivity contribution in [1.82, 2.24) is 16.0 Å². The van der Waals surface area contributed by atoms with Crippen molar-refractivity contribution >= 4 is 30.7 Å². The molecule has 1 aromatic carbocycles. The summed E-state index contributed by atoms with van der Waals surface area (Å²) in [7, 11) is 0. The molecular formula is C22H35Cl2N3O2. The fraction of sp³-hybridized carbons (Fsp3) is 0.500. The second-order valence-corrected chi connectivity index (χ2v) is 8.06. The van der Waals surface area contributed by atoms with E-state index in [9.17, 15) is 4.79 Å². The molecule has 2 rings (SSSR count). The number of amides is 1. The summed E-state index contributed by atoms with van der Waals surface area (Å²) in [6.07, 6.45) is 4.64. The molecule has 0 aliphatic carbocycles. The number of benzene rings is 1. The van der Waals surface area contributed by atoms with Crippen molar-refractivity contribution in [3.05, 3.63) is 54.1 Å². The lowest BCUT2D eigenvalue weighted by atomic mass is 9.96. The zero-order valence-corrected chi connectivity index (χ0v) is 19.5. The lowest BCUT2D eigenvalue weighted by Gasteiger charge is -2.27. The van der Waals surface area contributed by atoms with Gasteiger partial charge in [0, 0.05) is 29.7 Å². The molecule has 0 aromatic heterocycles. The predicted octanol–water partition coefficient (Wildman–Crippen LogP) is 3.78. The Morgan fingerprint density at radius 3 is 2.55 bits per heavy atom. The molecule has 1 amide bonds. The van der Waals surface area contributed by atoms with Crippen LogP contribution in [0.2, 0.25) is 0 Å². The van der Waals surface area contributed by atoms with Crippen LogP contribution in [0, 0.1) is 0 Å².